The minimum Gasteiger partial charge on any atom is -0.490 e. The molecule has 4 rings (SSSR count). The summed E-state index contributed by atoms with van der Waals surface area (Å²) in [5, 5.41) is 24.6. The van der Waals surface area contributed by atoms with Gasteiger partial charge < -0.3 is 14.8 Å². The van der Waals surface area contributed by atoms with Crippen molar-refractivity contribution in [1.82, 2.24) is 25.1 Å². The third-order valence-electron chi connectivity index (χ3n) is 5.94. The predicted molar refractivity (Wildman–Crippen MR) is 151 cm³/mol. The van der Waals surface area contributed by atoms with Gasteiger partial charge in [0.1, 0.15) is 29.9 Å². The molecule has 3 aromatic carbocycles. The molecule has 1 aromatic heterocycles. The van der Waals surface area contributed by atoms with E-state index in [2.05, 4.69) is 26.9 Å². The zero-order valence-electron chi connectivity index (χ0n) is 22.1. The first kappa shape index (κ1) is 28.5. The molecule has 0 saturated carbocycles. The Balaban J connectivity index is 1.48. The van der Waals surface area contributed by atoms with Crippen LogP contribution in [0.1, 0.15) is 31.6 Å². The molecule has 40 heavy (non-hydrogen) atoms. The summed E-state index contributed by atoms with van der Waals surface area (Å²) in [6.07, 6.45) is 1.02. The Bertz CT molecular complexity index is 1410. The van der Waals surface area contributed by atoms with Crippen molar-refractivity contribution >= 4 is 23.2 Å². The predicted octanol–water partition coefficient (Wildman–Crippen LogP) is 5.50. The highest BCUT2D eigenvalue weighted by Crippen LogP contribution is 2.27. The molecule has 4 aromatic rings. The van der Waals surface area contributed by atoms with Crippen LogP contribution in [-0.4, -0.2) is 50.7 Å². The number of tetrazole rings is 1. The molecule has 0 aliphatic carbocycles. The fourth-order valence-corrected chi connectivity index (χ4v) is 4.28. The minimum absolute atomic E-state index is 0.0672. The molecule has 1 atom stereocenters. The highest BCUT2D eigenvalue weighted by molar-refractivity contribution is 6.32. The zero-order chi connectivity index (χ0) is 28.2. The van der Waals surface area contributed by atoms with Gasteiger partial charge in [-0.1, -0.05) is 48.9 Å². The average molecular weight is 560 g/mol. The highest BCUT2D eigenvalue weighted by atomic mass is 35.5. The third kappa shape index (κ3) is 8.02. The maximum atomic E-state index is 13.2. The fourth-order valence-electron chi connectivity index (χ4n) is 4.09. The fraction of sp³-hybridized carbons (Fsp3) is 0.276. The van der Waals surface area contributed by atoms with E-state index in [1.165, 1.54) is 0 Å². The quantitative estimate of drug-likeness (QED) is 0.215. The smallest absolute Gasteiger partial charge is 0.238 e. The summed E-state index contributed by atoms with van der Waals surface area (Å²) in [7, 11) is 0. The third-order valence-corrected chi connectivity index (χ3v) is 6.25. The van der Waals surface area contributed by atoms with Crippen LogP contribution in [0, 0.1) is 11.3 Å². The van der Waals surface area contributed by atoms with Crippen molar-refractivity contribution in [1.29, 1.82) is 5.26 Å². The number of amides is 1. The van der Waals surface area contributed by atoms with Gasteiger partial charge in [-0.25, -0.2) is 4.68 Å². The Morgan fingerprint density at radius 2 is 1.80 bits per heavy atom. The molecule has 0 aliphatic rings. The van der Waals surface area contributed by atoms with Crippen LogP contribution >= 0.6 is 11.6 Å². The standard InChI is InChI=1S/C29H30ClN7O3/c1-2-18-36(20-28(38)32-22-13-15-24(16-14-22)40-23-9-4-3-5-10-23)26(21-39-27-12-7-6-11-25(27)30)29-33-34-35-37(29)19-8-17-31/h3-7,9-16,26H,2,8,18-21H2,1H3,(H,32,38). The number of aromatic nitrogens is 4. The van der Waals surface area contributed by atoms with Crippen molar-refractivity contribution in [3.05, 3.63) is 89.7 Å². The second kappa shape index (κ2) is 14.6. The molecule has 0 fully saturated rings. The van der Waals surface area contributed by atoms with Crippen molar-refractivity contribution < 1.29 is 14.3 Å². The van der Waals surface area contributed by atoms with E-state index in [9.17, 15) is 4.79 Å². The Morgan fingerprint density at radius 1 is 1.07 bits per heavy atom. The van der Waals surface area contributed by atoms with Crippen molar-refractivity contribution in [2.45, 2.75) is 32.4 Å². The first-order chi connectivity index (χ1) is 19.6. The van der Waals surface area contributed by atoms with Crippen LogP contribution < -0.4 is 14.8 Å². The van der Waals surface area contributed by atoms with E-state index in [-0.39, 0.29) is 25.5 Å². The lowest BCUT2D eigenvalue weighted by Gasteiger charge is -2.30. The molecule has 1 heterocycles. The Morgan fingerprint density at radius 3 is 2.52 bits per heavy atom. The van der Waals surface area contributed by atoms with E-state index in [0.717, 1.165) is 12.2 Å². The van der Waals surface area contributed by atoms with E-state index >= 15 is 0 Å². The molecule has 0 radical (unpaired) electrons. The van der Waals surface area contributed by atoms with Gasteiger partial charge in [-0.3, -0.25) is 9.69 Å². The van der Waals surface area contributed by atoms with E-state index in [1.807, 2.05) is 54.3 Å². The second-order valence-corrected chi connectivity index (χ2v) is 9.29. The number of para-hydroxylation sites is 2. The number of anilines is 1. The van der Waals surface area contributed by atoms with E-state index in [1.54, 1.807) is 41.1 Å². The molecule has 10 nitrogen and oxygen atoms in total. The highest BCUT2D eigenvalue weighted by Gasteiger charge is 2.28. The lowest BCUT2D eigenvalue weighted by atomic mass is 10.2. The summed E-state index contributed by atoms with van der Waals surface area (Å²) in [5.74, 6) is 2.22. The molecule has 0 saturated heterocycles. The van der Waals surface area contributed by atoms with E-state index < -0.39 is 6.04 Å². The summed E-state index contributed by atoms with van der Waals surface area (Å²) in [5.41, 5.74) is 0.643. The number of rotatable bonds is 14. The molecule has 1 N–H and O–H groups in total. The van der Waals surface area contributed by atoms with Gasteiger partial charge in [0.2, 0.25) is 5.91 Å². The number of nitrogens with zero attached hydrogens (tertiary/aromatic N) is 6. The molecule has 0 bridgehead atoms. The van der Waals surface area contributed by atoms with Crippen molar-refractivity contribution in [2.24, 2.45) is 0 Å². The molecular weight excluding hydrogens is 530 g/mol. The molecule has 0 aliphatic heterocycles. The van der Waals surface area contributed by atoms with Gasteiger partial charge >= 0.3 is 0 Å². The first-order valence-electron chi connectivity index (χ1n) is 12.9. The Kier molecular flexibility index (Phi) is 10.4. The number of carbonyl (C=O) groups excluding carboxylic acids is 1. The zero-order valence-corrected chi connectivity index (χ0v) is 22.9. The van der Waals surface area contributed by atoms with Crippen LogP contribution in [0.2, 0.25) is 5.02 Å². The Labute approximate surface area is 238 Å². The molecule has 206 valence electrons. The van der Waals surface area contributed by atoms with Crippen LogP contribution in [-0.2, 0) is 11.3 Å². The number of benzene rings is 3. The molecule has 1 amide bonds. The lowest BCUT2D eigenvalue weighted by Crippen LogP contribution is -2.40. The van der Waals surface area contributed by atoms with Gasteiger partial charge in [-0.2, -0.15) is 5.26 Å². The van der Waals surface area contributed by atoms with Crippen LogP contribution in [0.15, 0.2) is 78.9 Å². The van der Waals surface area contributed by atoms with Crippen molar-refractivity contribution in [2.75, 3.05) is 25.0 Å². The largest absolute Gasteiger partial charge is 0.490 e. The number of aryl methyl sites for hydroxylation is 1. The van der Waals surface area contributed by atoms with Crippen molar-refractivity contribution in [3.63, 3.8) is 0 Å². The van der Waals surface area contributed by atoms with E-state index in [0.29, 0.717) is 41.1 Å². The number of halogens is 1. The number of hydrogen-bond acceptors (Lipinski definition) is 8. The van der Waals surface area contributed by atoms with Crippen LogP contribution in [0.5, 0.6) is 17.2 Å². The number of nitriles is 1. The topological polar surface area (TPSA) is 118 Å². The molecule has 1 unspecified atom stereocenters. The maximum Gasteiger partial charge on any atom is 0.238 e. The minimum atomic E-state index is -0.475. The van der Waals surface area contributed by atoms with Gasteiger partial charge in [0.05, 0.1) is 30.6 Å². The van der Waals surface area contributed by atoms with Gasteiger partial charge in [-0.05, 0) is 71.9 Å². The van der Waals surface area contributed by atoms with Gasteiger partial charge in [0.25, 0.3) is 0 Å². The van der Waals surface area contributed by atoms with Crippen LogP contribution in [0.4, 0.5) is 5.69 Å². The second-order valence-electron chi connectivity index (χ2n) is 8.88. The molecule has 11 heteroatoms. The average Bonchev–Trinajstić information content (AvgIpc) is 3.43. The SMILES string of the molecule is CCCN(CC(=O)Nc1ccc(Oc2ccccc2)cc1)C(COc1ccccc1Cl)c1nnnn1CCC#N. The number of carbonyl (C=O) groups is 1. The lowest BCUT2D eigenvalue weighted by molar-refractivity contribution is -0.118. The maximum absolute atomic E-state index is 13.2. The molecule has 0 spiro atoms. The number of ether oxygens (including phenoxy) is 2. The number of hydrogen-bond donors (Lipinski definition) is 1. The van der Waals surface area contributed by atoms with Gasteiger partial charge in [0, 0.05) is 5.69 Å². The van der Waals surface area contributed by atoms with Crippen LogP contribution in [0.25, 0.3) is 0 Å². The van der Waals surface area contributed by atoms with E-state index in [4.69, 9.17) is 26.3 Å². The first-order valence-corrected chi connectivity index (χ1v) is 13.3. The normalized spacial score (nSPS) is 11.6. The summed E-state index contributed by atoms with van der Waals surface area (Å²) in [6, 6.07) is 25.5. The Hall–Kier alpha value is -4.46. The van der Waals surface area contributed by atoms with Gasteiger partial charge in [-0.15, -0.1) is 5.10 Å². The van der Waals surface area contributed by atoms with Crippen LogP contribution in [0.3, 0.4) is 0 Å². The van der Waals surface area contributed by atoms with Gasteiger partial charge in [0.15, 0.2) is 5.82 Å². The molecular formula is C29H30ClN7O3. The monoisotopic (exact) mass is 559 g/mol. The summed E-state index contributed by atoms with van der Waals surface area (Å²) in [6.45, 7) is 3.15. The van der Waals surface area contributed by atoms with Crippen molar-refractivity contribution in [3.8, 4) is 23.3 Å². The summed E-state index contributed by atoms with van der Waals surface area (Å²) >= 11 is 6.31. The summed E-state index contributed by atoms with van der Waals surface area (Å²) in [4.78, 5) is 15.2. The number of nitrogens with one attached hydrogen (secondary N) is 1. The summed E-state index contributed by atoms with van der Waals surface area (Å²) < 4.78 is 13.5.